The Morgan fingerprint density at radius 3 is 2.27 bits per heavy atom. The minimum Gasteiger partial charge on any atom is -0.376 e. The minimum absolute atomic E-state index is 0.0815. The van der Waals surface area contributed by atoms with Crippen LogP contribution in [0.5, 0.6) is 0 Å². The van der Waals surface area contributed by atoms with Crippen LogP contribution in [-0.4, -0.2) is 47.8 Å². The molecule has 0 aromatic rings. The molecule has 0 amide bonds. The Labute approximate surface area is 86.1 Å². The van der Waals surface area contributed by atoms with Crippen molar-refractivity contribution in [2.75, 3.05) is 12.3 Å². The van der Waals surface area contributed by atoms with Crippen molar-refractivity contribution in [1.29, 1.82) is 0 Å². The summed E-state index contributed by atoms with van der Waals surface area (Å²) in [6.07, 6.45) is 2.01. The van der Waals surface area contributed by atoms with E-state index in [0.29, 0.717) is 0 Å². The number of hydrogen-bond donors (Lipinski definition) is 2. The first-order chi connectivity index (χ1) is 6.70. The van der Waals surface area contributed by atoms with E-state index in [1.54, 1.807) is 0 Å². The Morgan fingerprint density at radius 2 is 1.80 bits per heavy atom. The summed E-state index contributed by atoms with van der Waals surface area (Å²) in [7, 11) is -8.84. The number of hydrazine groups is 1. The fraction of sp³-hybridized carbons (Fsp3) is 0.500. The van der Waals surface area contributed by atoms with Gasteiger partial charge in [-0.1, -0.05) is 0 Å². The summed E-state index contributed by atoms with van der Waals surface area (Å²) >= 11 is 0. The van der Waals surface area contributed by atoms with Crippen molar-refractivity contribution in [2.45, 2.75) is 0 Å². The van der Waals surface area contributed by atoms with E-state index in [1.807, 2.05) is 0 Å². The zero-order valence-corrected chi connectivity index (χ0v) is 8.85. The Kier molecular flexibility index (Phi) is 3.20. The average Bonchev–Trinajstić information content (AvgIpc) is 2.45. The van der Waals surface area contributed by atoms with Crippen molar-refractivity contribution < 1.29 is 30.8 Å². The fourth-order valence-corrected chi connectivity index (χ4v) is 1.79. The van der Waals surface area contributed by atoms with Gasteiger partial charge in [0.1, 0.15) is 6.26 Å². The summed E-state index contributed by atoms with van der Waals surface area (Å²) in [6, 6.07) is 0. The van der Waals surface area contributed by atoms with E-state index in [-0.39, 0.29) is 11.1 Å². The molecule has 0 unspecified atom stereocenters. The van der Waals surface area contributed by atoms with Crippen LogP contribution in [0.25, 0.3) is 0 Å². The van der Waals surface area contributed by atoms with Crippen molar-refractivity contribution in [3.05, 3.63) is 12.5 Å². The third-order valence-electron chi connectivity index (χ3n) is 1.37. The molecular formula is C4H8N2O7S2. The Balaban J connectivity index is 2.67. The average molecular weight is 260 g/mol. The minimum atomic E-state index is -4.62. The maximum atomic E-state index is 10.6. The predicted octanol–water partition coefficient (Wildman–Crippen LogP) is -1.39. The van der Waals surface area contributed by atoms with E-state index >= 15 is 0 Å². The second-order valence-corrected chi connectivity index (χ2v) is 5.31. The van der Waals surface area contributed by atoms with Crippen molar-refractivity contribution in [3.8, 4) is 0 Å². The molecule has 15 heavy (non-hydrogen) atoms. The van der Waals surface area contributed by atoms with Gasteiger partial charge in [-0.15, -0.1) is 0 Å². The highest BCUT2D eigenvalue weighted by Crippen LogP contribution is 2.13. The SMILES string of the molecule is O=S(=O)(O)CCN1C=CON1S(=O)(=O)O. The molecule has 0 saturated heterocycles. The van der Waals surface area contributed by atoms with Crippen LogP contribution in [0.4, 0.5) is 0 Å². The van der Waals surface area contributed by atoms with Gasteiger partial charge in [-0.2, -0.15) is 16.8 Å². The smallest absolute Gasteiger partial charge is 0.376 e. The van der Waals surface area contributed by atoms with E-state index in [0.717, 1.165) is 17.5 Å². The van der Waals surface area contributed by atoms with Gasteiger partial charge in [-0.25, -0.2) is 0 Å². The molecule has 0 fully saturated rings. The van der Waals surface area contributed by atoms with Crippen LogP contribution in [-0.2, 0) is 25.3 Å². The quantitative estimate of drug-likeness (QED) is 0.592. The van der Waals surface area contributed by atoms with Gasteiger partial charge in [-0.05, 0) is 0 Å². The predicted molar refractivity (Wildman–Crippen MR) is 46.7 cm³/mol. The van der Waals surface area contributed by atoms with E-state index in [4.69, 9.17) is 9.11 Å². The molecule has 0 radical (unpaired) electrons. The Hall–Kier alpha value is -0.880. The molecule has 0 aromatic heterocycles. The fourth-order valence-electron chi connectivity index (χ4n) is 0.816. The van der Waals surface area contributed by atoms with Crippen LogP contribution >= 0.6 is 0 Å². The summed E-state index contributed by atoms with van der Waals surface area (Å²) in [5.74, 6) is -0.702. The summed E-state index contributed by atoms with van der Waals surface area (Å²) < 4.78 is 59.1. The zero-order chi connectivity index (χ0) is 11.7. The highest BCUT2D eigenvalue weighted by molar-refractivity contribution is 7.85. The van der Waals surface area contributed by atoms with Gasteiger partial charge >= 0.3 is 10.3 Å². The summed E-state index contributed by atoms with van der Waals surface area (Å²) in [6.45, 7) is -0.380. The zero-order valence-electron chi connectivity index (χ0n) is 7.22. The number of rotatable bonds is 4. The largest absolute Gasteiger partial charge is 0.386 e. The Bertz CT molecular complexity index is 451. The van der Waals surface area contributed by atoms with Crippen molar-refractivity contribution >= 4 is 20.4 Å². The van der Waals surface area contributed by atoms with Crippen LogP contribution in [0, 0.1) is 0 Å². The lowest BCUT2D eigenvalue weighted by atomic mass is 10.7. The van der Waals surface area contributed by atoms with Gasteiger partial charge in [0.15, 0.2) is 0 Å². The summed E-state index contributed by atoms with van der Waals surface area (Å²) in [5, 5.41) is 0.767. The van der Waals surface area contributed by atoms with E-state index in [9.17, 15) is 16.8 Å². The third kappa shape index (κ3) is 3.64. The molecule has 0 spiro atoms. The first-order valence-electron chi connectivity index (χ1n) is 3.53. The number of nitrogens with zero attached hydrogens (tertiary/aromatic N) is 2. The lowest BCUT2D eigenvalue weighted by Crippen LogP contribution is -2.40. The molecule has 1 aliphatic heterocycles. The standard InChI is InChI=1S/C4H8N2O7S2/c7-14(8,9)4-2-5-1-3-13-6(5)15(10,11)12/h1,3H,2,4H2,(H,7,8,9)(H,10,11,12). The highest BCUT2D eigenvalue weighted by Gasteiger charge is 2.30. The number of hydrogen-bond acceptors (Lipinski definition) is 6. The molecule has 2 N–H and O–H groups in total. The summed E-state index contributed by atoms with van der Waals surface area (Å²) in [4.78, 5) is 4.36. The third-order valence-corrected chi connectivity index (χ3v) is 2.76. The first kappa shape index (κ1) is 12.2. The highest BCUT2D eigenvalue weighted by atomic mass is 32.2. The van der Waals surface area contributed by atoms with Crippen LogP contribution in [0.1, 0.15) is 0 Å². The monoisotopic (exact) mass is 260 g/mol. The molecule has 9 nitrogen and oxygen atoms in total. The topological polar surface area (TPSA) is 124 Å². The Morgan fingerprint density at radius 1 is 1.20 bits per heavy atom. The maximum absolute atomic E-state index is 10.6. The lowest BCUT2D eigenvalue weighted by Gasteiger charge is -2.21. The van der Waals surface area contributed by atoms with Gasteiger partial charge in [0.05, 0.1) is 23.1 Å². The van der Waals surface area contributed by atoms with Gasteiger partial charge in [0.25, 0.3) is 10.1 Å². The van der Waals surface area contributed by atoms with Crippen LogP contribution < -0.4 is 0 Å². The van der Waals surface area contributed by atoms with E-state index in [1.165, 1.54) is 0 Å². The molecule has 0 saturated carbocycles. The van der Waals surface area contributed by atoms with Crippen LogP contribution in [0.2, 0.25) is 0 Å². The van der Waals surface area contributed by atoms with Gasteiger partial charge in [0, 0.05) is 0 Å². The maximum Gasteiger partial charge on any atom is 0.386 e. The first-order valence-corrected chi connectivity index (χ1v) is 6.54. The molecule has 0 atom stereocenters. The normalized spacial score (nSPS) is 18.1. The van der Waals surface area contributed by atoms with Crippen molar-refractivity contribution in [1.82, 2.24) is 9.59 Å². The molecule has 11 heteroatoms. The molecular weight excluding hydrogens is 252 g/mol. The molecule has 0 bridgehead atoms. The van der Waals surface area contributed by atoms with Crippen LogP contribution in [0.3, 0.4) is 0 Å². The second-order valence-electron chi connectivity index (χ2n) is 2.53. The van der Waals surface area contributed by atoms with Gasteiger partial charge in [-0.3, -0.25) is 14.1 Å². The molecule has 1 rings (SSSR count). The molecule has 1 heterocycles. The van der Waals surface area contributed by atoms with E-state index < -0.39 is 26.2 Å². The van der Waals surface area contributed by atoms with Crippen molar-refractivity contribution in [2.24, 2.45) is 0 Å². The second kappa shape index (κ2) is 3.94. The van der Waals surface area contributed by atoms with Crippen LogP contribution in [0.15, 0.2) is 12.5 Å². The van der Waals surface area contributed by atoms with Gasteiger partial charge < -0.3 is 4.84 Å². The molecule has 1 aliphatic rings. The van der Waals surface area contributed by atoms with E-state index in [2.05, 4.69) is 4.84 Å². The summed E-state index contributed by atoms with van der Waals surface area (Å²) in [5.41, 5.74) is 0. The van der Waals surface area contributed by atoms with Crippen molar-refractivity contribution in [3.63, 3.8) is 0 Å². The molecule has 0 aliphatic carbocycles. The molecule has 88 valence electrons. The van der Waals surface area contributed by atoms with Gasteiger partial charge in [0.2, 0.25) is 0 Å². The molecule has 0 aromatic carbocycles. The lowest BCUT2D eigenvalue weighted by molar-refractivity contribution is -0.123.